The van der Waals surface area contributed by atoms with Gasteiger partial charge >= 0.3 is 25.8 Å². The average Bonchev–Trinajstić information content (AvgIpc) is 3.26. The summed E-state index contributed by atoms with van der Waals surface area (Å²) in [6.07, 6.45) is 12.8. The van der Waals surface area contributed by atoms with Crippen LogP contribution in [0.5, 0.6) is 11.5 Å². The Morgan fingerprint density at radius 3 is 1.03 bits per heavy atom. The second-order valence-electron chi connectivity index (χ2n) is 20.3. The van der Waals surface area contributed by atoms with Crippen molar-refractivity contribution in [2.75, 3.05) is 0 Å². The fourth-order valence-electron chi connectivity index (χ4n) is 6.76. The molecule has 3 heterocycles. The van der Waals surface area contributed by atoms with Gasteiger partial charge in [-0.15, -0.1) is 0 Å². The van der Waals surface area contributed by atoms with E-state index in [2.05, 4.69) is 122 Å². The summed E-state index contributed by atoms with van der Waals surface area (Å²) in [5.41, 5.74) is 7.21. The molecule has 0 radical (unpaired) electrons. The van der Waals surface area contributed by atoms with Crippen molar-refractivity contribution in [2.45, 2.75) is 162 Å². The second-order valence-corrected chi connectivity index (χ2v) is 20.3. The summed E-state index contributed by atoms with van der Waals surface area (Å²) < 4.78 is 0. The smallest absolute Gasteiger partial charge is 0.850 e. The van der Waals surface area contributed by atoms with E-state index in [0.29, 0.717) is 28.6 Å². The van der Waals surface area contributed by atoms with Crippen LogP contribution in [-0.4, -0.2) is 75.5 Å². The van der Waals surface area contributed by atoms with Gasteiger partial charge in [0.1, 0.15) is 11.5 Å². The molecule has 1 aliphatic rings. The first-order chi connectivity index (χ1) is 30.0. The van der Waals surface area contributed by atoms with Crippen molar-refractivity contribution in [3.05, 3.63) is 148 Å². The fourth-order valence-corrected chi connectivity index (χ4v) is 6.76. The van der Waals surface area contributed by atoms with Gasteiger partial charge in [0.2, 0.25) is 0 Å². The monoisotopic (exact) mass is 985 g/mol. The molecule has 0 amide bonds. The Morgan fingerprint density at radius 1 is 0.508 bits per heavy atom. The van der Waals surface area contributed by atoms with Crippen LogP contribution in [0.25, 0.3) is 0 Å². The molecule has 5 aromatic rings. The molecule has 0 aliphatic heterocycles. The molecular formula is C54H72InN5O5. The van der Waals surface area contributed by atoms with E-state index in [0.717, 1.165) is 47.9 Å². The molecule has 2 aromatic carbocycles. The average molecular weight is 986 g/mol. The van der Waals surface area contributed by atoms with E-state index in [9.17, 15) is 25.5 Å². The molecule has 10 nitrogen and oxygen atoms in total. The van der Waals surface area contributed by atoms with Crippen LogP contribution in [-0.2, 0) is 41.5 Å². The Balaban J connectivity index is 0.000000462. The molecule has 11 heteroatoms. The summed E-state index contributed by atoms with van der Waals surface area (Å²) in [4.78, 5) is 21.4. The van der Waals surface area contributed by atoms with Gasteiger partial charge in [0.05, 0.1) is 12.1 Å². The Bertz CT molecular complexity index is 2010. The molecule has 1 aliphatic carbocycles. The van der Waals surface area contributed by atoms with Gasteiger partial charge in [-0.25, -0.2) is 0 Å². The second kappa shape index (κ2) is 26.1. The van der Waals surface area contributed by atoms with Crippen molar-refractivity contribution in [3.8, 4) is 11.5 Å². The van der Waals surface area contributed by atoms with Crippen molar-refractivity contribution >= 4 is 38.3 Å². The number of phenolic OH excluding ortho intramolecular Hbond substituents is 2. The van der Waals surface area contributed by atoms with Gasteiger partial charge in [0.15, 0.2) is 0 Å². The number of aromatic hydroxyl groups is 2. The molecule has 2 atom stereocenters. The third-order valence-electron chi connectivity index (χ3n) is 10.8. The van der Waals surface area contributed by atoms with Crippen LogP contribution in [0.15, 0.2) is 107 Å². The van der Waals surface area contributed by atoms with Gasteiger partial charge in [-0.05, 0) is 94.2 Å². The summed E-state index contributed by atoms with van der Waals surface area (Å²) in [5, 5.41) is 52.7. The third-order valence-corrected chi connectivity index (χ3v) is 10.8. The van der Waals surface area contributed by atoms with Gasteiger partial charge in [0.25, 0.3) is 0 Å². The minimum atomic E-state index is -0.221. The molecule has 0 unspecified atom stereocenters. The molecule has 346 valence electrons. The van der Waals surface area contributed by atoms with E-state index in [1.807, 2.05) is 12.4 Å². The van der Waals surface area contributed by atoms with E-state index in [1.165, 1.54) is 11.1 Å². The summed E-state index contributed by atoms with van der Waals surface area (Å²) in [7, 11) is 0. The number of nitrogens with zero attached hydrogens (tertiary/aromatic N) is 5. The first kappa shape index (κ1) is 56.7. The fraction of sp³-hybridized carbons (Fsp3) is 0.463. The van der Waals surface area contributed by atoms with Crippen LogP contribution in [0.1, 0.15) is 159 Å². The molecule has 1 fully saturated rings. The SMILES string of the molecule is CC(C)(C)c1cc(C=N[C@@H]2CCCC[C@H]2N=Cc2cc(C(C)(C)C)cc(C(C)(C)C)c2O)c(O)c(C(C)(C)C)c1.[In+3].[O-]Cc1ccccn1.[O-]Cc1ccccn1.[O-]Cc1ccccn1. The van der Waals surface area contributed by atoms with Crippen LogP contribution < -0.4 is 15.3 Å². The van der Waals surface area contributed by atoms with Crippen LogP contribution in [0.4, 0.5) is 0 Å². The number of pyridine rings is 3. The van der Waals surface area contributed by atoms with Crippen molar-refractivity contribution in [3.63, 3.8) is 0 Å². The largest absolute Gasteiger partial charge is 3.00 e. The summed E-state index contributed by atoms with van der Waals surface area (Å²) >= 11 is 0. The zero-order valence-electron chi connectivity index (χ0n) is 40.9. The van der Waals surface area contributed by atoms with Gasteiger partial charge in [0, 0.05) is 70.4 Å². The number of hydrogen-bond donors (Lipinski definition) is 2. The molecule has 2 N–H and O–H groups in total. The van der Waals surface area contributed by atoms with Crippen molar-refractivity contribution in [2.24, 2.45) is 9.98 Å². The van der Waals surface area contributed by atoms with E-state index < -0.39 is 0 Å². The van der Waals surface area contributed by atoms with E-state index in [4.69, 9.17) is 9.98 Å². The van der Waals surface area contributed by atoms with E-state index in [1.54, 1.807) is 73.2 Å². The molecule has 3 aromatic heterocycles. The molecule has 0 spiro atoms. The zero-order chi connectivity index (χ0) is 47.7. The third kappa shape index (κ3) is 18.8. The van der Waals surface area contributed by atoms with Gasteiger partial charge in [-0.3, -0.25) is 24.9 Å². The summed E-state index contributed by atoms with van der Waals surface area (Å²) in [5.74, 6) is 0.637. The minimum Gasteiger partial charge on any atom is -0.850 e. The van der Waals surface area contributed by atoms with Gasteiger partial charge < -0.3 is 25.5 Å². The van der Waals surface area contributed by atoms with Crippen LogP contribution in [0.3, 0.4) is 0 Å². The predicted molar refractivity (Wildman–Crippen MR) is 262 cm³/mol. The number of hydrogen-bond acceptors (Lipinski definition) is 10. The molecule has 6 rings (SSSR count). The Morgan fingerprint density at radius 2 is 0.815 bits per heavy atom. The molecule has 0 bridgehead atoms. The normalized spacial score (nSPS) is 15.4. The predicted octanol–water partition coefficient (Wildman–Crippen LogP) is 8.58. The molecule has 1 saturated carbocycles. The van der Waals surface area contributed by atoms with Crippen LogP contribution in [0.2, 0.25) is 0 Å². The Kier molecular flexibility index (Phi) is 22.7. The standard InChI is InChI=1S/C36H54N2O2.3C6H6NO.In/c1-33(2,3)25-17-23(31(39)27(19-25)35(7,8)9)21-37-29-15-13-14-16-30(29)38-22-24-18-26(34(4,5)6)20-28(32(24)40)36(10,11)12;3*8-5-6-3-1-2-4-7-6;/h17-22,29-30,39-40H,13-16H2,1-12H3;3*1-4H,5H2;/q;3*-1;+3/t29-,30-;;;;/m1..../s1. The zero-order valence-corrected chi connectivity index (χ0v) is 44.2. The minimum absolute atomic E-state index is 0. The molecular weight excluding hydrogens is 913 g/mol. The topological polar surface area (TPSA) is 173 Å². The number of rotatable bonds is 7. The van der Waals surface area contributed by atoms with Gasteiger partial charge in [-0.1, -0.05) is 146 Å². The Hall–Kier alpha value is -4.42. The van der Waals surface area contributed by atoms with Crippen molar-refractivity contribution in [1.82, 2.24) is 15.0 Å². The molecule has 0 saturated heterocycles. The van der Waals surface area contributed by atoms with E-state index in [-0.39, 0.29) is 79.4 Å². The first-order valence-electron chi connectivity index (χ1n) is 22.3. The quantitative estimate of drug-likeness (QED) is 0.153. The number of aromatic nitrogens is 3. The van der Waals surface area contributed by atoms with Crippen LogP contribution >= 0.6 is 0 Å². The van der Waals surface area contributed by atoms with Crippen molar-refractivity contribution < 1.29 is 25.5 Å². The molecule has 65 heavy (non-hydrogen) atoms. The number of phenols is 2. The maximum atomic E-state index is 11.2. The first-order valence-corrected chi connectivity index (χ1v) is 22.3. The van der Waals surface area contributed by atoms with E-state index >= 15 is 0 Å². The van der Waals surface area contributed by atoms with Gasteiger partial charge in [-0.2, -0.15) is 0 Å². The number of aliphatic imine (C=N–C) groups is 2. The maximum absolute atomic E-state index is 11.2. The summed E-state index contributed by atoms with van der Waals surface area (Å²) in [6.45, 7) is 25.4. The maximum Gasteiger partial charge on any atom is 3.00 e. The van der Waals surface area contributed by atoms with Crippen LogP contribution in [0, 0.1) is 0 Å². The summed E-state index contributed by atoms with van der Waals surface area (Å²) in [6, 6.07) is 24.5. The van der Waals surface area contributed by atoms with Crippen molar-refractivity contribution in [1.29, 1.82) is 0 Å². The number of benzene rings is 2. The Labute approximate surface area is 408 Å².